The Labute approximate surface area is 200 Å². The number of piperazine rings is 1. The Balaban J connectivity index is 1.60. The molecule has 2 atom stereocenters. The van der Waals surface area contributed by atoms with Crippen LogP contribution in [0.5, 0.6) is 0 Å². The molecule has 0 bridgehead atoms. The quantitative estimate of drug-likeness (QED) is 0.608. The number of carbonyl (C=O) groups excluding carboxylic acids is 4. The molecule has 10 nitrogen and oxygen atoms in total. The number of imide groups is 1. The molecule has 192 valence electrons. The van der Waals surface area contributed by atoms with Gasteiger partial charge in [0.15, 0.2) is 0 Å². The van der Waals surface area contributed by atoms with E-state index in [2.05, 4.69) is 15.6 Å². The lowest BCUT2D eigenvalue weighted by molar-refractivity contribution is -0.195. The number of aromatic nitrogens is 1. The van der Waals surface area contributed by atoms with Crippen LogP contribution < -0.4 is 10.6 Å². The Morgan fingerprint density at radius 1 is 1.20 bits per heavy atom. The van der Waals surface area contributed by atoms with E-state index in [0.717, 1.165) is 9.80 Å². The van der Waals surface area contributed by atoms with Gasteiger partial charge in [-0.15, -0.1) is 0 Å². The number of alkyl halides is 3. The first kappa shape index (κ1) is 26.4. The zero-order valence-corrected chi connectivity index (χ0v) is 19.6. The Morgan fingerprint density at radius 3 is 2.49 bits per heavy atom. The normalized spacial score (nSPS) is 21.9. The van der Waals surface area contributed by atoms with E-state index in [0.29, 0.717) is 12.1 Å². The van der Waals surface area contributed by atoms with Gasteiger partial charge in [0.2, 0.25) is 17.7 Å². The molecule has 0 aromatic carbocycles. The van der Waals surface area contributed by atoms with Crippen molar-refractivity contribution in [2.75, 3.05) is 31.5 Å². The summed E-state index contributed by atoms with van der Waals surface area (Å²) in [6, 6.07) is 0.988. The van der Waals surface area contributed by atoms with Gasteiger partial charge in [-0.25, -0.2) is 4.79 Å². The number of anilines is 1. The fraction of sp³-hybridized carbons (Fsp3) is 0.591. The van der Waals surface area contributed by atoms with E-state index in [-0.39, 0.29) is 31.1 Å². The van der Waals surface area contributed by atoms with Crippen LogP contribution in [-0.4, -0.2) is 82.6 Å². The largest absolute Gasteiger partial charge is 0.444 e. The molecule has 2 N–H and O–H groups in total. The van der Waals surface area contributed by atoms with E-state index in [9.17, 15) is 32.3 Å². The van der Waals surface area contributed by atoms with Crippen molar-refractivity contribution in [2.45, 2.75) is 57.3 Å². The third kappa shape index (κ3) is 7.13. The summed E-state index contributed by atoms with van der Waals surface area (Å²) in [5, 5.41) is 4.74. The van der Waals surface area contributed by atoms with Gasteiger partial charge in [0.25, 0.3) is 0 Å². The van der Waals surface area contributed by atoms with Crippen LogP contribution in [0.25, 0.3) is 0 Å². The maximum atomic E-state index is 13.7. The van der Waals surface area contributed by atoms with Crippen LogP contribution in [0.15, 0.2) is 18.3 Å². The number of halogens is 3. The Bertz CT molecular complexity index is 977. The van der Waals surface area contributed by atoms with Crippen molar-refractivity contribution in [1.29, 1.82) is 0 Å². The number of hydrogen-bond donors (Lipinski definition) is 2. The molecule has 2 aliphatic rings. The first-order valence-electron chi connectivity index (χ1n) is 11.1. The maximum absolute atomic E-state index is 13.7. The van der Waals surface area contributed by atoms with Crippen LogP contribution in [0.1, 0.15) is 45.2 Å². The fourth-order valence-corrected chi connectivity index (χ4v) is 3.86. The van der Waals surface area contributed by atoms with Crippen LogP contribution in [0.3, 0.4) is 0 Å². The van der Waals surface area contributed by atoms with Gasteiger partial charge >= 0.3 is 12.3 Å². The van der Waals surface area contributed by atoms with Gasteiger partial charge in [0, 0.05) is 26.1 Å². The van der Waals surface area contributed by atoms with Crippen LogP contribution in [-0.2, 0) is 19.1 Å². The first-order valence-corrected chi connectivity index (χ1v) is 11.1. The molecule has 0 saturated carbocycles. The highest BCUT2D eigenvalue weighted by molar-refractivity contribution is 6.00. The van der Waals surface area contributed by atoms with Gasteiger partial charge in [-0.2, -0.15) is 13.2 Å². The number of nitrogens with zero attached hydrogens (tertiary/aromatic N) is 3. The Kier molecular flexibility index (Phi) is 7.68. The molecular weight excluding hydrogens is 471 g/mol. The molecule has 1 aromatic rings. The summed E-state index contributed by atoms with van der Waals surface area (Å²) < 4.78 is 46.3. The van der Waals surface area contributed by atoms with Crippen molar-refractivity contribution in [3.8, 4) is 0 Å². The smallest absolute Gasteiger partial charge is 0.410 e. The average Bonchev–Trinajstić information content (AvgIpc) is 2.73. The molecule has 2 saturated heterocycles. The zero-order valence-electron chi connectivity index (χ0n) is 19.6. The minimum Gasteiger partial charge on any atom is -0.444 e. The molecule has 2 fully saturated rings. The van der Waals surface area contributed by atoms with Crippen LogP contribution in [0.2, 0.25) is 0 Å². The molecule has 4 amide bonds. The summed E-state index contributed by atoms with van der Waals surface area (Å²) in [5.41, 5.74) is -0.172. The topological polar surface area (TPSA) is 121 Å². The molecule has 2 aliphatic heterocycles. The molecule has 1 aromatic heterocycles. The number of nitrogens with one attached hydrogen (secondary N) is 2. The second-order valence-electron chi connectivity index (χ2n) is 9.48. The van der Waals surface area contributed by atoms with E-state index in [4.69, 9.17) is 4.74 Å². The Hall–Kier alpha value is -3.22. The highest BCUT2D eigenvalue weighted by Crippen LogP contribution is 2.29. The second kappa shape index (κ2) is 10.2. The van der Waals surface area contributed by atoms with Gasteiger partial charge in [-0.05, 0) is 39.3 Å². The van der Waals surface area contributed by atoms with Crippen LogP contribution in [0.4, 0.5) is 23.7 Å². The average molecular weight is 499 g/mol. The van der Waals surface area contributed by atoms with Crippen molar-refractivity contribution in [1.82, 2.24) is 20.1 Å². The van der Waals surface area contributed by atoms with Crippen LogP contribution in [0, 0.1) is 0 Å². The molecule has 0 unspecified atom stereocenters. The lowest BCUT2D eigenvalue weighted by Crippen LogP contribution is -2.61. The minimum atomic E-state index is -4.66. The number of piperidine rings is 1. The van der Waals surface area contributed by atoms with Gasteiger partial charge in [-0.1, -0.05) is 0 Å². The minimum absolute atomic E-state index is 0.0169. The molecule has 35 heavy (non-hydrogen) atoms. The van der Waals surface area contributed by atoms with Crippen molar-refractivity contribution >= 4 is 29.5 Å². The van der Waals surface area contributed by atoms with Crippen molar-refractivity contribution in [3.05, 3.63) is 24.0 Å². The van der Waals surface area contributed by atoms with E-state index in [1.165, 1.54) is 18.3 Å². The van der Waals surface area contributed by atoms with Crippen molar-refractivity contribution in [2.24, 2.45) is 0 Å². The molecular formula is C22H28F3N5O5. The SMILES string of the molecule is CC(C)(C)OC(=O)N1CCN(CC(=O)Nc2ccc([C@H]3CCC(=O)NC3=O)nc2)[C@@H](C(F)(F)F)C1. The fourth-order valence-electron chi connectivity index (χ4n) is 3.86. The summed E-state index contributed by atoms with van der Waals surface area (Å²) in [7, 11) is 0. The standard InChI is InChI=1S/C22H28F3N5O5/c1-21(2,3)35-20(34)30-9-8-29(16(11-30)22(23,24)25)12-18(32)27-13-4-6-15(26-10-13)14-5-7-17(31)28-19(14)33/h4,6,10,14,16H,5,7-9,11-12H2,1-3H3,(H,27,32)(H,28,31,33)/t14-,16-/m1/s1. The first-order chi connectivity index (χ1) is 16.2. The third-order valence-corrected chi connectivity index (χ3v) is 5.53. The summed E-state index contributed by atoms with van der Waals surface area (Å²) in [6.07, 6.45) is -3.68. The number of ether oxygens (including phenoxy) is 1. The van der Waals surface area contributed by atoms with E-state index in [1.807, 2.05) is 0 Å². The predicted molar refractivity (Wildman–Crippen MR) is 117 cm³/mol. The molecule has 13 heteroatoms. The number of rotatable bonds is 4. The highest BCUT2D eigenvalue weighted by Gasteiger charge is 2.48. The van der Waals surface area contributed by atoms with Gasteiger partial charge in [-0.3, -0.25) is 29.6 Å². The van der Waals surface area contributed by atoms with Gasteiger partial charge < -0.3 is 15.0 Å². The maximum Gasteiger partial charge on any atom is 0.410 e. The lowest BCUT2D eigenvalue weighted by atomic mass is 9.94. The molecule has 3 heterocycles. The number of hydrogen-bond acceptors (Lipinski definition) is 7. The lowest BCUT2D eigenvalue weighted by Gasteiger charge is -2.41. The third-order valence-electron chi connectivity index (χ3n) is 5.53. The summed E-state index contributed by atoms with van der Waals surface area (Å²) in [5.74, 6) is -2.07. The summed E-state index contributed by atoms with van der Waals surface area (Å²) >= 11 is 0. The van der Waals surface area contributed by atoms with E-state index in [1.54, 1.807) is 20.8 Å². The monoisotopic (exact) mass is 499 g/mol. The second-order valence-corrected chi connectivity index (χ2v) is 9.48. The molecule has 3 rings (SSSR count). The molecule has 0 aliphatic carbocycles. The van der Waals surface area contributed by atoms with E-state index < -0.39 is 54.7 Å². The van der Waals surface area contributed by atoms with Gasteiger partial charge in [0.05, 0.1) is 30.0 Å². The summed E-state index contributed by atoms with van der Waals surface area (Å²) in [6.45, 7) is 3.51. The van der Waals surface area contributed by atoms with Crippen LogP contribution >= 0.6 is 0 Å². The van der Waals surface area contributed by atoms with Crippen molar-refractivity contribution in [3.63, 3.8) is 0 Å². The molecule has 0 spiro atoms. The molecule has 0 radical (unpaired) electrons. The number of amides is 4. The van der Waals surface area contributed by atoms with E-state index >= 15 is 0 Å². The Morgan fingerprint density at radius 2 is 1.91 bits per heavy atom. The van der Waals surface area contributed by atoms with Crippen molar-refractivity contribution < 1.29 is 37.1 Å². The highest BCUT2D eigenvalue weighted by atomic mass is 19.4. The number of pyridine rings is 1. The summed E-state index contributed by atoms with van der Waals surface area (Å²) in [4.78, 5) is 54.1. The number of carbonyl (C=O) groups is 4. The zero-order chi connectivity index (χ0) is 26.0. The predicted octanol–water partition coefficient (Wildman–Crippen LogP) is 2.02. The van der Waals surface area contributed by atoms with Gasteiger partial charge in [0.1, 0.15) is 11.6 Å².